The maximum absolute atomic E-state index is 11.4. The summed E-state index contributed by atoms with van der Waals surface area (Å²) in [5, 5.41) is 0. The van der Waals surface area contributed by atoms with Crippen molar-refractivity contribution in [1.82, 2.24) is 4.57 Å². The van der Waals surface area contributed by atoms with Crippen molar-refractivity contribution in [3.05, 3.63) is 33.2 Å². The van der Waals surface area contributed by atoms with Gasteiger partial charge in [0.15, 0.2) is 0 Å². The summed E-state index contributed by atoms with van der Waals surface area (Å²) in [5.41, 5.74) is 0.106. The van der Waals surface area contributed by atoms with E-state index in [1.54, 1.807) is 6.07 Å². The quantitative estimate of drug-likeness (QED) is 0.723. The summed E-state index contributed by atoms with van der Waals surface area (Å²) in [6, 6.07) is 4.00. The number of hydrogen-bond donors (Lipinski definition) is 0. The van der Waals surface area contributed by atoms with Crippen LogP contribution in [0, 0.1) is 0 Å². The van der Waals surface area contributed by atoms with Gasteiger partial charge >= 0.3 is 0 Å². The Balaban J connectivity index is 2.37. The van der Waals surface area contributed by atoms with Crippen LogP contribution in [0.3, 0.4) is 0 Å². The molecule has 1 aromatic rings. The minimum Gasteiger partial charge on any atom is -0.312 e. The number of aromatic nitrogens is 1. The normalized spacial score (nSPS) is 17.4. The van der Waals surface area contributed by atoms with Gasteiger partial charge in [-0.15, -0.1) is 0 Å². The molecule has 1 aliphatic rings. The predicted octanol–water partition coefficient (Wildman–Crippen LogP) is 2.34. The summed E-state index contributed by atoms with van der Waals surface area (Å²) in [6.45, 7) is 0. The van der Waals surface area contributed by atoms with Crippen LogP contribution in [0.25, 0.3) is 0 Å². The molecule has 0 bridgehead atoms. The molecule has 0 aromatic carbocycles. The van der Waals surface area contributed by atoms with Gasteiger partial charge in [0, 0.05) is 22.8 Å². The summed E-state index contributed by atoms with van der Waals surface area (Å²) in [4.78, 5) is 11.4. The van der Waals surface area contributed by atoms with Gasteiger partial charge < -0.3 is 4.57 Å². The molecule has 0 N–H and O–H groups in total. The van der Waals surface area contributed by atoms with Crippen LogP contribution in [0.5, 0.6) is 0 Å². The highest BCUT2D eigenvalue weighted by Crippen LogP contribution is 2.30. The van der Waals surface area contributed by atoms with Gasteiger partial charge in [0.05, 0.1) is 0 Å². The molecule has 0 unspecified atom stereocenters. The van der Waals surface area contributed by atoms with Gasteiger partial charge in [0.1, 0.15) is 0 Å². The largest absolute Gasteiger partial charge is 0.312 e. The van der Waals surface area contributed by atoms with Crippen LogP contribution in [-0.2, 0) is 0 Å². The van der Waals surface area contributed by atoms with Crippen LogP contribution in [0.1, 0.15) is 25.3 Å². The van der Waals surface area contributed by atoms with E-state index in [0.717, 1.165) is 17.3 Å². The van der Waals surface area contributed by atoms with Crippen LogP contribution in [0.15, 0.2) is 27.6 Å². The number of nitrogens with zero attached hydrogens (tertiary/aromatic N) is 1. The zero-order valence-electron chi connectivity index (χ0n) is 6.66. The van der Waals surface area contributed by atoms with Gasteiger partial charge in [-0.05, 0) is 25.3 Å². The second-order valence-corrected chi connectivity index (χ2v) is 4.09. The number of hydrogen-bond acceptors (Lipinski definition) is 1. The molecule has 1 saturated carbocycles. The summed E-state index contributed by atoms with van der Waals surface area (Å²) >= 11 is 3.27. The van der Waals surface area contributed by atoms with E-state index in [4.69, 9.17) is 0 Å². The van der Waals surface area contributed by atoms with E-state index in [2.05, 4.69) is 15.9 Å². The highest BCUT2D eigenvalue weighted by molar-refractivity contribution is 9.10. The Labute approximate surface area is 79.3 Å². The molecule has 0 amide bonds. The summed E-state index contributed by atoms with van der Waals surface area (Å²) in [5.74, 6) is 0. The van der Waals surface area contributed by atoms with Crippen LogP contribution < -0.4 is 5.56 Å². The predicted molar refractivity (Wildman–Crippen MR) is 51.3 cm³/mol. The van der Waals surface area contributed by atoms with Gasteiger partial charge in [0.25, 0.3) is 5.56 Å². The monoisotopic (exact) mass is 227 g/mol. The number of halogens is 1. The van der Waals surface area contributed by atoms with E-state index < -0.39 is 0 Å². The molecule has 64 valence electrons. The number of rotatable bonds is 1. The first-order valence-corrected chi connectivity index (χ1v) is 4.94. The molecule has 3 heteroatoms. The molecule has 2 rings (SSSR count). The Bertz CT molecular complexity index is 341. The lowest BCUT2D eigenvalue weighted by molar-refractivity contribution is 0.306. The van der Waals surface area contributed by atoms with Gasteiger partial charge in [-0.25, -0.2) is 0 Å². The average Bonchev–Trinajstić information content (AvgIpc) is 1.91. The number of pyridine rings is 1. The van der Waals surface area contributed by atoms with E-state index in [1.165, 1.54) is 6.42 Å². The van der Waals surface area contributed by atoms with E-state index in [0.29, 0.717) is 6.04 Å². The fraction of sp³-hybridized carbons (Fsp3) is 0.444. The van der Waals surface area contributed by atoms with Crippen LogP contribution in [-0.4, -0.2) is 4.57 Å². The molecule has 0 radical (unpaired) electrons. The molecule has 1 heterocycles. The van der Waals surface area contributed by atoms with Crippen molar-refractivity contribution >= 4 is 15.9 Å². The van der Waals surface area contributed by atoms with E-state index in [9.17, 15) is 4.79 Å². The zero-order chi connectivity index (χ0) is 8.55. The molecule has 0 atom stereocenters. The third-order valence-corrected chi connectivity index (χ3v) is 2.87. The van der Waals surface area contributed by atoms with Gasteiger partial charge in [0.2, 0.25) is 0 Å². The molecule has 1 aromatic heterocycles. The van der Waals surface area contributed by atoms with Crippen LogP contribution >= 0.6 is 15.9 Å². The lowest BCUT2D eigenvalue weighted by Crippen LogP contribution is -2.27. The van der Waals surface area contributed by atoms with Crippen molar-refractivity contribution in [3.63, 3.8) is 0 Å². The van der Waals surface area contributed by atoms with Crippen LogP contribution in [0.4, 0.5) is 0 Å². The summed E-state index contributed by atoms with van der Waals surface area (Å²) < 4.78 is 2.69. The van der Waals surface area contributed by atoms with Crippen molar-refractivity contribution in [2.24, 2.45) is 0 Å². The Morgan fingerprint density at radius 1 is 1.50 bits per heavy atom. The average molecular weight is 228 g/mol. The van der Waals surface area contributed by atoms with Crippen molar-refractivity contribution in [1.29, 1.82) is 0 Å². The maximum Gasteiger partial charge on any atom is 0.251 e. The van der Waals surface area contributed by atoms with Crippen molar-refractivity contribution in [2.75, 3.05) is 0 Å². The molecule has 1 aliphatic carbocycles. The Morgan fingerprint density at radius 3 is 2.75 bits per heavy atom. The Morgan fingerprint density at radius 2 is 2.25 bits per heavy atom. The fourth-order valence-corrected chi connectivity index (χ4v) is 1.75. The lowest BCUT2D eigenvalue weighted by Gasteiger charge is -2.27. The standard InChI is InChI=1S/C9H10BrNO/c10-7-4-5-11(9(12)6-7)8-2-1-3-8/h4-6,8H,1-3H2. The minimum absolute atomic E-state index is 0.106. The first kappa shape index (κ1) is 8.05. The highest BCUT2D eigenvalue weighted by Gasteiger charge is 2.19. The first-order chi connectivity index (χ1) is 5.77. The second kappa shape index (κ2) is 3.05. The highest BCUT2D eigenvalue weighted by atomic mass is 79.9. The van der Waals surface area contributed by atoms with Gasteiger partial charge in [-0.3, -0.25) is 4.79 Å². The Kier molecular flexibility index (Phi) is 2.05. The second-order valence-electron chi connectivity index (χ2n) is 3.18. The SMILES string of the molecule is O=c1cc(Br)ccn1C1CCC1. The Hall–Kier alpha value is -0.570. The van der Waals surface area contributed by atoms with E-state index in [1.807, 2.05) is 16.8 Å². The smallest absolute Gasteiger partial charge is 0.251 e. The molecular weight excluding hydrogens is 218 g/mol. The first-order valence-electron chi connectivity index (χ1n) is 4.15. The molecule has 0 spiro atoms. The zero-order valence-corrected chi connectivity index (χ0v) is 8.25. The van der Waals surface area contributed by atoms with Crippen LogP contribution in [0.2, 0.25) is 0 Å². The summed E-state index contributed by atoms with van der Waals surface area (Å²) in [6.07, 6.45) is 5.44. The minimum atomic E-state index is 0.106. The molecular formula is C9H10BrNO. The molecule has 0 saturated heterocycles. The van der Waals surface area contributed by atoms with E-state index in [-0.39, 0.29) is 5.56 Å². The molecule has 2 nitrogen and oxygen atoms in total. The van der Waals surface area contributed by atoms with E-state index >= 15 is 0 Å². The fourth-order valence-electron chi connectivity index (χ4n) is 1.43. The van der Waals surface area contributed by atoms with Crippen molar-refractivity contribution in [2.45, 2.75) is 25.3 Å². The third kappa shape index (κ3) is 1.33. The summed E-state index contributed by atoms with van der Waals surface area (Å²) in [7, 11) is 0. The van der Waals surface area contributed by atoms with Crippen molar-refractivity contribution in [3.8, 4) is 0 Å². The maximum atomic E-state index is 11.4. The lowest BCUT2D eigenvalue weighted by atomic mass is 9.93. The van der Waals surface area contributed by atoms with Gasteiger partial charge in [-0.1, -0.05) is 15.9 Å². The topological polar surface area (TPSA) is 22.0 Å². The van der Waals surface area contributed by atoms with Gasteiger partial charge in [-0.2, -0.15) is 0 Å². The van der Waals surface area contributed by atoms with Crippen molar-refractivity contribution < 1.29 is 0 Å². The molecule has 1 fully saturated rings. The molecule has 12 heavy (non-hydrogen) atoms. The molecule has 0 aliphatic heterocycles. The third-order valence-electron chi connectivity index (χ3n) is 2.38.